The van der Waals surface area contributed by atoms with Crippen molar-refractivity contribution in [1.82, 2.24) is 15.5 Å². The van der Waals surface area contributed by atoms with Crippen LogP contribution in [0, 0.1) is 0 Å². The molecule has 0 bridgehead atoms. The number of amides is 1. The van der Waals surface area contributed by atoms with Gasteiger partial charge < -0.3 is 10.6 Å². The normalized spacial score (nSPS) is 26.6. The lowest BCUT2D eigenvalue weighted by atomic mass is 9.93. The maximum Gasteiger partial charge on any atom is 0.240 e. The van der Waals surface area contributed by atoms with E-state index in [0.717, 1.165) is 38.4 Å². The van der Waals surface area contributed by atoms with Crippen molar-refractivity contribution in [2.75, 3.05) is 20.1 Å². The second kappa shape index (κ2) is 8.42. The molecule has 1 saturated carbocycles. The van der Waals surface area contributed by atoms with Gasteiger partial charge in [-0.15, -0.1) is 24.8 Å². The number of carbonyl (C=O) groups excluding carboxylic acids is 1. The van der Waals surface area contributed by atoms with E-state index in [0.29, 0.717) is 6.04 Å². The van der Waals surface area contributed by atoms with E-state index in [1.54, 1.807) is 0 Å². The zero-order valence-electron chi connectivity index (χ0n) is 12.8. The van der Waals surface area contributed by atoms with E-state index in [-0.39, 0.29) is 36.3 Å². The fraction of sp³-hybridized carbons (Fsp3) is 0.929. The smallest absolute Gasteiger partial charge is 0.240 e. The van der Waals surface area contributed by atoms with Gasteiger partial charge in [0.25, 0.3) is 0 Å². The molecule has 2 unspecified atom stereocenters. The molecule has 2 fully saturated rings. The Morgan fingerprint density at radius 2 is 2.10 bits per heavy atom. The molecule has 1 saturated heterocycles. The van der Waals surface area contributed by atoms with Crippen LogP contribution >= 0.6 is 24.8 Å². The van der Waals surface area contributed by atoms with E-state index >= 15 is 0 Å². The largest absolute Gasteiger partial charge is 0.353 e. The van der Waals surface area contributed by atoms with E-state index < -0.39 is 0 Å². The monoisotopic (exact) mass is 325 g/mol. The number of carbonyl (C=O) groups is 1. The van der Waals surface area contributed by atoms with Crippen molar-refractivity contribution >= 4 is 30.7 Å². The molecule has 20 heavy (non-hydrogen) atoms. The van der Waals surface area contributed by atoms with E-state index in [4.69, 9.17) is 0 Å². The third-order valence-corrected chi connectivity index (χ3v) is 4.66. The predicted molar refractivity (Wildman–Crippen MR) is 88.0 cm³/mol. The lowest BCUT2D eigenvalue weighted by Gasteiger charge is -2.29. The first-order valence-corrected chi connectivity index (χ1v) is 7.34. The Balaban J connectivity index is 0.00000180. The molecule has 2 N–H and O–H groups in total. The van der Waals surface area contributed by atoms with Crippen molar-refractivity contribution < 1.29 is 4.79 Å². The van der Waals surface area contributed by atoms with Crippen molar-refractivity contribution in [2.24, 2.45) is 0 Å². The van der Waals surface area contributed by atoms with Crippen LogP contribution in [0.15, 0.2) is 0 Å². The number of likely N-dealkylation sites (N-methyl/N-ethyl adjacent to an activating group) is 1. The highest BCUT2D eigenvalue weighted by Gasteiger charge is 2.39. The maximum absolute atomic E-state index is 12.3. The van der Waals surface area contributed by atoms with Gasteiger partial charge in [-0.1, -0.05) is 6.92 Å². The lowest BCUT2D eigenvalue weighted by Crippen LogP contribution is -2.55. The Bertz CT molecular complexity index is 305. The highest BCUT2D eigenvalue weighted by Crippen LogP contribution is 2.27. The molecule has 0 aromatic carbocycles. The van der Waals surface area contributed by atoms with Crippen LogP contribution in [0.5, 0.6) is 0 Å². The zero-order valence-corrected chi connectivity index (χ0v) is 14.4. The molecular weight excluding hydrogens is 297 g/mol. The fourth-order valence-electron chi connectivity index (χ4n) is 2.86. The van der Waals surface area contributed by atoms with Gasteiger partial charge in [-0.25, -0.2) is 0 Å². The number of nitrogens with zero attached hydrogens (tertiary/aromatic N) is 1. The summed E-state index contributed by atoms with van der Waals surface area (Å²) in [7, 11) is 2.16. The van der Waals surface area contributed by atoms with E-state index in [1.165, 1.54) is 12.8 Å². The van der Waals surface area contributed by atoms with Gasteiger partial charge in [0.05, 0.1) is 5.54 Å². The number of nitrogens with one attached hydrogen (secondary N) is 2. The first kappa shape index (κ1) is 20.0. The van der Waals surface area contributed by atoms with Gasteiger partial charge in [0.2, 0.25) is 5.91 Å². The Labute approximate surface area is 135 Å². The molecule has 1 heterocycles. The summed E-state index contributed by atoms with van der Waals surface area (Å²) in [6.07, 6.45) is 5.59. The second-order valence-corrected chi connectivity index (χ2v) is 5.92. The van der Waals surface area contributed by atoms with Gasteiger partial charge in [-0.05, 0) is 52.6 Å². The molecule has 120 valence electrons. The maximum atomic E-state index is 12.3. The van der Waals surface area contributed by atoms with Crippen LogP contribution in [0.2, 0.25) is 0 Å². The number of hydrogen-bond acceptors (Lipinski definition) is 3. The Hall–Kier alpha value is -0.0300. The summed E-state index contributed by atoms with van der Waals surface area (Å²) in [5.74, 6) is 0.193. The summed E-state index contributed by atoms with van der Waals surface area (Å²) < 4.78 is 0. The van der Waals surface area contributed by atoms with Gasteiger partial charge in [0.1, 0.15) is 0 Å². The molecule has 0 aromatic rings. The molecular formula is C14H29Cl2N3O. The molecule has 0 radical (unpaired) electrons. The third-order valence-electron chi connectivity index (χ3n) is 4.66. The molecule has 1 aliphatic carbocycles. The number of halogens is 2. The summed E-state index contributed by atoms with van der Waals surface area (Å²) in [5, 5.41) is 6.52. The predicted octanol–water partition coefficient (Wildman–Crippen LogP) is 1.96. The van der Waals surface area contributed by atoms with Crippen molar-refractivity contribution in [3.05, 3.63) is 0 Å². The van der Waals surface area contributed by atoms with Gasteiger partial charge >= 0.3 is 0 Å². The van der Waals surface area contributed by atoms with Crippen molar-refractivity contribution in [2.45, 2.75) is 63.6 Å². The Kier molecular flexibility index (Phi) is 8.41. The summed E-state index contributed by atoms with van der Waals surface area (Å²) in [6.45, 7) is 6.02. The quantitative estimate of drug-likeness (QED) is 0.784. The highest BCUT2D eigenvalue weighted by atomic mass is 35.5. The van der Waals surface area contributed by atoms with Crippen LogP contribution in [0.3, 0.4) is 0 Å². The third kappa shape index (κ3) is 4.48. The fourth-order valence-corrected chi connectivity index (χ4v) is 2.86. The molecule has 2 aliphatic rings. The average molecular weight is 326 g/mol. The van der Waals surface area contributed by atoms with Crippen molar-refractivity contribution in [1.29, 1.82) is 0 Å². The standard InChI is InChI=1S/C14H27N3O.2ClH/c1-4-14(8-5-9-16-14)13(18)15-10-11(2)17(3)12-6-7-12;;/h11-12,16H,4-10H2,1-3H3,(H,15,18);2*1H. The van der Waals surface area contributed by atoms with E-state index in [1.807, 2.05) is 0 Å². The van der Waals surface area contributed by atoms with Gasteiger partial charge in [0.15, 0.2) is 0 Å². The topological polar surface area (TPSA) is 44.4 Å². The molecule has 0 aromatic heterocycles. The van der Waals surface area contributed by atoms with Gasteiger partial charge in [0, 0.05) is 18.6 Å². The minimum absolute atomic E-state index is 0. The number of hydrogen-bond donors (Lipinski definition) is 2. The summed E-state index contributed by atoms with van der Waals surface area (Å²) in [6, 6.07) is 1.18. The van der Waals surface area contributed by atoms with Crippen LogP contribution in [0.25, 0.3) is 0 Å². The highest BCUT2D eigenvalue weighted by molar-refractivity contribution is 5.86. The molecule has 2 rings (SSSR count). The summed E-state index contributed by atoms with van der Waals surface area (Å²) in [5.41, 5.74) is -0.294. The van der Waals surface area contributed by atoms with Crippen LogP contribution in [0.1, 0.15) is 46.0 Å². The zero-order chi connectivity index (χ0) is 13.2. The average Bonchev–Trinajstić information content (AvgIpc) is 3.12. The van der Waals surface area contributed by atoms with E-state index in [9.17, 15) is 4.79 Å². The molecule has 4 nitrogen and oxygen atoms in total. The summed E-state index contributed by atoms with van der Waals surface area (Å²) in [4.78, 5) is 14.7. The van der Waals surface area contributed by atoms with Crippen LogP contribution < -0.4 is 10.6 Å². The molecule has 1 amide bonds. The first-order valence-electron chi connectivity index (χ1n) is 7.34. The minimum Gasteiger partial charge on any atom is -0.353 e. The second-order valence-electron chi connectivity index (χ2n) is 5.92. The SMILES string of the molecule is CCC1(C(=O)NCC(C)N(C)C2CC2)CCCN1.Cl.Cl. The molecule has 6 heteroatoms. The van der Waals surface area contributed by atoms with Crippen LogP contribution in [-0.4, -0.2) is 48.6 Å². The minimum atomic E-state index is -0.294. The van der Waals surface area contributed by atoms with Crippen LogP contribution in [0.4, 0.5) is 0 Å². The van der Waals surface area contributed by atoms with Gasteiger partial charge in [-0.3, -0.25) is 9.69 Å². The molecule has 1 aliphatic heterocycles. The van der Waals surface area contributed by atoms with Crippen LogP contribution in [-0.2, 0) is 4.79 Å². The van der Waals surface area contributed by atoms with E-state index in [2.05, 4.69) is 36.4 Å². The lowest BCUT2D eigenvalue weighted by molar-refractivity contribution is -0.127. The van der Waals surface area contributed by atoms with Gasteiger partial charge in [-0.2, -0.15) is 0 Å². The molecule has 2 atom stereocenters. The number of rotatable bonds is 6. The summed E-state index contributed by atoms with van der Waals surface area (Å²) >= 11 is 0. The van der Waals surface area contributed by atoms with Crippen molar-refractivity contribution in [3.63, 3.8) is 0 Å². The van der Waals surface area contributed by atoms with Crippen molar-refractivity contribution in [3.8, 4) is 0 Å². The molecule has 0 spiro atoms. The Morgan fingerprint density at radius 3 is 2.55 bits per heavy atom. The Morgan fingerprint density at radius 1 is 1.45 bits per heavy atom. The first-order chi connectivity index (χ1) is 8.59.